The first-order valence-electron chi connectivity index (χ1n) is 8.72. The molecular weight excluding hydrogens is 347 g/mol. The smallest absolute Gasteiger partial charge is 0.257 e. The Morgan fingerprint density at radius 2 is 1.93 bits per heavy atom. The Morgan fingerprint density at radius 1 is 1.22 bits per heavy atom. The van der Waals surface area contributed by atoms with E-state index >= 15 is 0 Å². The van der Waals surface area contributed by atoms with Crippen LogP contribution in [-0.4, -0.2) is 17.6 Å². The van der Waals surface area contributed by atoms with Crippen molar-refractivity contribution in [2.75, 3.05) is 7.11 Å². The van der Waals surface area contributed by atoms with Crippen LogP contribution in [0.5, 0.6) is 5.75 Å². The third-order valence-corrected chi connectivity index (χ3v) is 4.59. The second-order valence-electron chi connectivity index (χ2n) is 6.29. The molecule has 1 aromatic heterocycles. The van der Waals surface area contributed by atoms with Crippen molar-refractivity contribution < 1.29 is 13.9 Å². The standard InChI is InChI=1S/C21H21FN2O3/c1-4-24-12-18(20(25)17-11-16(27-3)9-10-19(17)24)21(26)23-13(2)14-5-7-15(22)8-6-14/h5-13H,4H2,1-3H3,(H,23,26)/t13-/m1/s1. The molecule has 1 heterocycles. The van der Waals surface area contributed by atoms with Gasteiger partial charge in [-0.1, -0.05) is 12.1 Å². The summed E-state index contributed by atoms with van der Waals surface area (Å²) in [6.45, 7) is 4.33. The third kappa shape index (κ3) is 3.69. The molecule has 0 unspecified atom stereocenters. The molecule has 1 atom stereocenters. The van der Waals surface area contributed by atoms with E-state index in [1.54, 1.807) is 37.4 Å². The van der Waals surface area contributed by atoms with Crippen LogP contribution in [0.25, 0.3) is 10.9 Å². The van der Waals surface area contributed by atoms with Gasteiger partial charge >= 0.3 is 0 Å². The largest absolute Gasteiger partial charge is 0.497 e. The second kappa shape index (κ2) is 7.61. The van der Waals surface area contributed by atoms with E-state index < -0.39 is 5.91 Å². The van der Waals surface area contributed by atoms with Crippen molar-refractivity contribution in [3.05, 3.63) is 75.8 Å². The zero-order valence-electron chi connectivity index (χ0n) is 15.5. The van der Waals surface area contributed by atoms with Crippen LogP contribution in [0.3, 0.4) is 0 Å². The quantitative estimate of drug-likeness (QED) is 0.748. The van der Waals surface area contributed by atoms with Crippen LogP contribution in [-0.2, 0) is 6.54 Å². The first-order chi connectivity index (χ1) is 12.9. The Labute approximate surface area is 156 Å². The fourth-order valence-electron chi connectivity index (χ4n) is 3.04. The average molecular weight is 368 g/mol. The predicted octanol–water partition coefficient (Wildman–Crippen LogP) is 3.66. The van der Waals surface area contributed by atoms with E-state index in [2.05, 4.69) is 5.32 Å². The van der Waals surface area contributed by atoms with Crippen LogP contribution >= 0.6 is 0 Å². The summed E-state index contributed by atoms with van der Waals surface area (Å²) < 4.78 is 20.1. The number of ether oxygens (including phenoxy) is 1. The second-order valence-corrected chi connectivity index (χ2v) is 6.29. The van der Waals surface area contributed by atoms with Gasteiger partial charge in [0, 0.05) is 12.7 Å². The van der Waals surface area contributed by atoms with Crippen LogP contribution < -0.4 is 15.5 Å². The molecule has 1 N–H and O–H groups in total. The summed E-state index contributed by atoms with van der Waals surface area (Å²) in [7, 11) is 1.53. The normalized spacial score (nSPS) is 12.0. The highest BCUT2D eigenvalue weighted by Crippen LogP contribution is 2.20. The molecule has 3 rings (SSSR count). The molecule has 0 aliphatic carbocycles. The number of halogens is 1. The van der Waals surface area contributed by atoms with E-state index in [1.807, 2.05) is 17.6 Å². The predicted molar refractivity (Wildman–Crippen MR) is 103 cm³/mol. The number of rotatable bonds is 5. The molecule has 1 amide bonds. The summed E-state index contributed by atoms with van der Waals surface area (Å²) in [5.74, 6) is -0.255. The Balaban J connectivity index is 1.99. The summed E-state index contributed by atoms with van der Waals surface area (Å²) in [5.41, 5.74) is 1.21. The molecule has 0 radical (unpaired) electrons. The van der Waals surface area contributed by atoms with Crippen LogP contribution in [0.1, 0.15) is 35.8 Å². The number of carbonyl (C=O) groups is 1. The Morgan fingerprint density at radius 3 is 2.56 bits per heavy atom. The highest BCUT2D eigenvalue weighted by molar-refractivity contribution is 5.97. The number of pyridine rings is 1. The molecule has 0 saturated heterocycles. The highest BCUT2D eigenvalue weighted by atomic mass is 19.1. The maximum Gasteiger partial charge on any atom is 0.257 e. The first kappa shape index (κ1) is 18.6. The van der Waals surface area contributed by atoms with Gasteiger partial charge in [0.2, 0.25) is 5.43 Å². The van der Waals surface area contributed by atoms with Gasteiger partial charge < -0.3 is 14.6 Å². The lowest BCUT2D eigenvalue weighted by Crippen LogP contribution is -2.31. The van der Waals surface area contributed by atoms with Gasteiger partial charge in [-0.2, -0.15) is 0 Å². The lowest BCUT2D eigenvalue weighted by atomic mass is 10.1. The number of hydrogen-bond donors (Lipinski definition) is 1. The van der Waals surface area contributed by atoms with Crippen LogP contribution in [0.2, 0.25) is 0 Å². The Bertz CT molecular complexity index is 1040. The topological polar surface area (TPSA) is 60.3 Å². The minimum absolute atomic E-state index is 0.0616. The average Bonchev–Trinajstić information content (AvgIpc) is 2.68. The molecule has 6 heteroatoms. The van der Waals surface area contributed by atoms with Gasteiger partial charge in [-0.25, -0.2) is 4.39 Å². The Hall–Kier alpha value is -3.15. The number of fused-ring (bicyclic) bond motifs is 1. The molecule has 2 aromatic carbocycles. The fourth-order valence-corrected chi connectivity index (χ4v) is 3.04. The van der Waals surface area contributed by atoms with Crippen molar-refractivity contribution >= 4 is 16.8 Å². The maximum absolute atomic E-state index is 13.1. The summed E-state index contributed by atoms with van der Waals surface area (Å²) in [5, 5.41) is 3.24. The number of hydrogen-bond acceptors (Lipinski definition) is 3. The molecule has 0 bridgehead atoms. The van der Waals surface area contributed by atoms with Gasteiger partial charge in [-0.05, 0) is 49.7 Å². The van der Waals surface area contributed by atoms with Crippen LogP contribution in [0.15, 0.2) is 53.5 Å². The van der Waals surface area contributed by atoms with Crippen LogP contribution in [0, 0.1) is 5.82 Å². The van der Waals surface area contributed by atoms with Gasteiger partial charge in [0.25, 0.3) is 5.91 Å². The molecule has 0 spiro atoms. The van der Waals surface area contributed by atoms with E-state index in [1.165, 1.54) is 19.2 Å². The molecule has 5 nitrogen and oxygen atoms in total. The molecule has 0 aliphatic rings. The van der Waals surface area contributed by atoms with Crippen molar-refractivity contribution in [1.82, 2.24) is 9.88 Å². The van der Waals surface area contributed by atoms with E-state index in [9.17, 15) is 14.0 Å². The molecule has 0 fully saturated rings. The first-order valence-corrected chi connectivity index (χ1v) is 8.72. The zero-order chi connectivity index (χ0) is 19.6. The minimum Gasteiger partial charge on any atom is -0.497 e. The lowest BCUT2D eigenvalue weighted by molar-refractivity contribution is 0.0938. The molecule has 27 heavy (non-hydrogen) atoms. The van der Waals surface area contributed by atoms with Crippen molar-refractivity contribution in [2.45, 2.75) is 26.4 Å². The number of aromatic nitrogens is 1. The number of nitrogens with zero attached hydrogens (tertiary/aromatic N) is 1. The fraction of sp³-hybridized carbons (Fsp3) is 0.238. The van der Waals surface area contributed by atoms with Crippen molar-refractivity contribution in [1.29, 1.82) is 0 Å². The number of amides is 1. The summed E-state index contributed by atoms with van der Waals surface area (Å²) >= 11 is 0. The van der Waals surface area contributed by atoms with Crippen LogP contribution in [0.4, 0.5) is 4.39 Å². The monoisotopic (exact) mass is 368 g/mol. The molecule has 0 saturated carbocycles. The Kier molecular flexibility index (Phi) is 5.26. The van der Waals surface area contributed by atoms with E-state index in [0.717, 1.165) is 11.1 Å². The van der Waals surface area contributed by atoms with E-state index in [0.29, 0.717) is 17.7 Å². The summed E-state index contributed by atoms with van der Waals surface area (Å²) in [4.78, 5) is 25.6. The highest BCUT2D eigenvalue weighted by Gasteiger charge is 2.18. The summed E-state index contributed by atoms with van der Waals surface area (Å²) in [6, 6.07) is 10.8. The zero-order valence-corrected chi connectivity index (χ0v) is 15.5. The SMILES string of the molecule is CCn1cc(C(=O)N[C@H](C)c2ccc(F)cc2)c(=O)c2cc(OC)ccc21. The van der Waals surface area contributed by atoms with Crippen molar-refractivity contribution in [2.24, 2.45) is 0 Å². The van der Waals surface area contributed by atoms with Gasteiger partial charge in [0.15, 0.2) is 0 Å². The number of carbonyl (C=O) groups excluding carboxylic acids is 1. The van der Waals surface area contributed by atoms with Gasteiger partial charge in [0.05, 0.1) is 24.1 Å². The van der Waals surface area contributed by atoms with Crippen molar-refractivity contribution in [3.63, 3.8) is 0 Å². The summed E-state index contributed by atoms with van der Waals surface area (Å²) in [6.07, 6.45) is 1.57. The van der Waals surface area contributed by atoms with Gasteiger partial charge in [0.1, 0.15) is 17.1 Å². The number of methoxy groups -OCH3 is 1. The molecule has 3 aromatic rings. The molecular formula is C21H21FN2O3. The number of benzene rings is 2. The van der Waals surface area contributed by atoms with Crippen molar-refractivity contribution in [3.8, 4) is 5.75 Å². The number of nitrogens with one attached hydrogen (secondary N) is 1. The maximum atomic E-state index is 13.1. The molecule has 140 valence electrons. The van der Waals surface area contributed by atoms with E-state index in [4.69, 9.17) is 4.74 Å². The molecule has 0 aliphatic heterocycles. The van der Waals surface area contributed by atoms with Gasteiger partial charge in [-0.15, -0.1) is 0 Å². The number of aryl methyl sites for hydroxylation is 1. The van der Waals surface area contributed by atoms with Gasteiger partial charge in [-0.3, -0.25) is 9.59 Å². The minimum atomic E-state index is -0.469. The van der Waals surface area contributed by atoms with E-state index in [-0.39, 0.29) is 22.9 Å². The lowest BCUT2D eigenvalue weighted by Gasteiger charge is -2.16. The third-order valence-electron chi connectivity index (χ3n) is 4.59.